The number of morpholine rings is 1. The van der Waals surface area contributed by atoms with Crippen LogP contribution in [0.5, 0.6) is 0 Å². The zero-order valence-electron chi connectivity index (χ0n) is 13.0. The van der Waals surface area contributed by atoms with Gasteiger partial charge in [-0.2, -0.15) is 0 Å². The van der Waals surface area contributed by atoms with E-state index in [9.17, 15) is 4.79 Å². The quantitative estimate of drug-likeness (QED) is 0.867. The van der Waals surface area contributed by atoms with Crippen molar-refractivity contribution in [2.75, 3.05) is 19.8 Å². The van der Waals surface area contributed by atoms with E-state index in [0.29, 0.717) is 37.2 Å². The number of ether oxygens (including phenoxy) is 1. The Morgan fingerprint density at radius 2 is 2.23 bits per heavy atom. The summed E-state index contributed by atoms with van der Waals surface area (Å²) >= 11 is 0. The number of hydrogen-bond donors (Lipinski definition) is 0. The highest BCUT2D eigenvalue weighted by molar-refractivity contribution is 5.93. The lowest BCUT2D eigenvalue weighted by Crippen LogP contribution is -2.44. The Labute approximate surface area is 128 Å². The van der Waals surface area contributed by atoms with Crippen molar-refractivity contribution < 1.29 is 13.9 Å². The van der Waals surface area contributed by atoms with Crippen molar-refractivity contribution >= 4 is 5.91 Å². The first-order chi connectivity index (χ1) is 10.6. The van der Waals surface area contributed by atoms with Crippen LogP contribution in [0.4, 0.5) is 0 Å². The monoisotopic (exact) mass is 304 g/mol. The Morgan fingerprint density at radius 1 is 1.41 bits per heavy atom. The van der Waals surface area contributed by atoms with Crippen molar-refractivity contribution in [2.24, 2.45) is 0 Å². The number of amides is 1. The molecule has 0 aliphatic carbocycles. The molecule has 1 saturated heterocycles. The Morgan fingerprint density at radius 3 is 2.91 bits per heavy atom. The Balaban J connectivity index is 1.90. The lowest BCUT2D eigenvalue weighted by Gasteiger charge is -2.33. The van der Waals surface area contributed by atoms with Crippen molar-refractivity contribution in [2.45, 2.75) is 32.9 Å². The number of hydrogen-bond acceptors (Lipinski definition) is 5. The number of nitrogens with zero attached hydrogens (tertiary/aromatic N) is 4. The fourth-order valence-corrected chi connectivity index (χ4v) is 2.67. The number of aromatic nitrogens is 3. The molecule has 7 nitrogen and oxygen atoms in total. The van der Waals surface area contributed by atoms with Crippen LogP contribution in [0.2, 0.25) is 0 Å². The maximum atomic E-state index is 12.9. The maximum Gasteiger partial charge on any atom is 0.271 e. The van der Waals surface area contributed by atoms with Crippen molar-refractivity contribution in [3.05, 3.63) is 35.8 Å². The Bertz CT molecular complexity index is 661. The predicted molar refractivity (Wildman–Crippen MR) is 78.4 cm³/mol. The molecule has 22 heavy (non-hydrogen) atoms. The van der Waals surface area contributed by atoms with Gasteiger partial charge in [0.25, 0.3) is 5.91 Å². The summed E-state index contributed by atoms with van der Waals surface area (Å²) in [6.07, 6.45) is 1.92. The summed E-state index contributed by atoms with van der Waals surface area (Å²) in [6, 6.07) is 3.62. The molecule has 1 aliphatic rings. The van der Waals surface area contributed by atoms with Crippen LogP contribution in [-0.4, -0.2) is 45.3 Å². The first kappa shape index (κ1) is 14.8. The summed E-state index contributed by atoms with van der Waals surface area (Å²) in [6.45, 7) is 7.22. The first-order valence-electron chi connectivity index (χ1n) is 7.43. The minimum atomic E-state index is -0.335. The van der Waals surface area contributed by atoms with E-state index in [1.165, 1.54) is 0 Å². The fraction of sp³-hybridized carbons (Fsp3) is 0.533. The van der Waals surface area contributed by atoms with Gasteiger partial charge in [-0.25, -0.2) is 0 Å². The van der Waals surface area contributed by atoms with Crippen LogP contribution < -0.4 is 0 Å². The second kappa shape index (κ2) is 5.92. The molecule has 0 spiro atoms. The van der Waals surface area contributed by atoms with Gasteiger partial charge in [-0.3, -0.25) is 4.79 Å². The van der Waals surface area contributed by atoms with Gasteiger partial charge >= 0.3 is 0 Å². The maximum absolute atomic E-state index is 12.9. The Kier molecular flexibility index (Phi) is 3.98. The third-order valence-electron chi connectivity index (χ3n) is 3.77. The highest BCUT2D eigenvalue weighted by Gasteiger charge is 2.34. The third kappa shape index (κ3) is 2.64. The molecule has 1 aliphatic heterocycles. The minimum absolute atomic E-state index is 0.0390. The van der Waals surface area contributed by atoms with Crippen LogP contribution in [0.25, 0.3) is 0 Å². The molecule has 1 unspecified atom stereocenters. The van der Waals surface area contributed by atoms with E-state index in [2.05, 4.69) is 24.0 Å². The highest BCUT2D eigenvalue weighted by atomic mass is 16.5. The molecule has 1 atom stereocenters. The number of carbonyl (C=O) groups excluding carboxylic acids is 1. The molecule has 0 saturated carbocycles. The zero-order valence-corrected chi connectivity index (χ0v) is 13.0. The topological polar surface area (TPSA) is 73.4 Å². The van der Waals surface area contributed by atoms with Crippen molar-refractivity contribution in [1.29, 1.82) is 0 Å². The largest absolute Gasteiger partial charge is 0.423 e. The van der Waals surface area contributed by atoms with Crippen LogP contribution in [0.1, 0.15) is 48.2 Å². The van der Waals surface area contributed by atoms with Gasteiger partial charge in [0.05, 0.1) is 13.2 Å². The summed E-state index contributed by atoms with van der Waals surface area (Å²) in [5.41, 5.74) is 0.665. The van der Waals surface area contributed by atoms with Gasteiger partial charge in [0.1, 0.15) is 11.7 Å². The molecule has 0 aromatic carbocycles. The van der Waals surface area contributed by atoms with Crippen LogP contribution in [0.15, 0.2) is 22.7 Å². The molecule has 1 fully saturated rings. The molecule has 3 rings (SSSR count). The van der Waals surface area contributed by atoms with Gasteiger partial charge in [-0.15, -0.1) is 10.2 Å². The minimum Gasteiger partial charge on any atom is -0.423 e. The standard InChI is InChI=1S/C15H20N4O3/c1-10(2)18-6-4-5-12(18)15(20)19-7-8-21-9-13(19)14-17-16-11(3)22-14/h4-6,10,13H,7-9H2,1-3H3. The molecule has 0 radical (unpaired) electrons. The van der Waals surface area contributed by atoms with E-state index in [1.54, 1.807) is 11.8 Å². The highest BCUT2D eigenvalue weighted by Crippen LogP contribution is 2.26. The number of aryl methyl sites for hydroxylation is 1. The van der Waals surface area contributed by atoms with E-state index >= 15 is 0 Å². The van der Waals surface area contributed by atoms with E-state index in [-0.39, 0.29) is 18.0 Å². The lowest BCUT2D eigenvalue weighted by atomic mass is 10.2. The third-order valence-corrected chi connectivity index (χ3v) is 3.77. The van der Waals surface area contributed by atoms with Gasteiger partial charge in [0, 0.05) is 25.7 Å². The van der Waals surface area contributed by atoms with Gasteiger partial charge in [0.2, 0.25) is 11.8 Å². The smallest absolute Gasteiger partial charge is 0.271 e. The first-order valence-corrected chi connectivity index (χ1v) is 7.43. The summed E-state index contributed by atoms with van der Waals surface area (Å²) in [4.78, 5) is 14.7. The second-order valence-electron chi connectivity index (χ2n) is 5.64. The van der Waals surface area contributed by atoms with Gasteiger partial charge in [0.15, 0.2) is 0 Å². The molecule has 7 heteroatoms. The molecule has 0 bridgehead atoms. The van der Waals surface area contributed by atoms with Crippen molar-refractivity contribution in [1.82, 2.24) is 19.7 Å². The number of rotatable bonds is 3. The molecule has 2 aromatic heterocycles. The van der Waals surface area contributed by atoms with Crippen LogP contribution in [-0.2, 0) is 4.74 Å². The van der Waals surface area contributed by atoms with Crippen molar-refractivity contribution in [3.8, 4) is 0 Å². The summed E-state index contributed by atoms with van der Waals surface area (Å²) < 4.78 is 13.0. The molecule has 1 amide bonds. The van der Waals surface area contributed by atoms with Gasteiger partial charge < -0.3 is 18.6 Å². The Hall–Kier alpha value is -2.15. The normalized spacial score (nSPS) is 18.9. The van der Waals surface area contributed by atoms with E-state index < -0.39 is 0 Å². The zero-order chi connectivity index (χ0) is 15.7. The predicted octanol–water partition coefficient (Wildman–Crippen LogP) is 1.97. The molecular formula is C15H20N4O3. The van der Waals surface area contributed by atoms with Gasteiger partial charge in [-0.1, -0.05) is 0 Å². The van der Waals surface area contributed by atoms with E-state index in [4.69, 9.17) is 9.15 Å². The van der Waals surface area contributed by atoms with Crippen LogP contribution >= 0.6 is 0 Å². The average Bonchev–Trinajstić information content (AvgIpc) is 3.15. The van der Waals surface area contributed by atoms with Crippen LogP contribution in [0, 0.1) is 6.92 Å². The van der Waals surface area contributed by atoms with Gasteiger partial charge in [-0.05, 0) is 26.0 Å². The molecular weight excluding hydrogens is 284 g/mol. The summed E-state index contributed by atoms with van der Waals surface area (Å²) in [5, 5.41) is 7.89. The van der Waals surface area contributed by atoms with E-state index in [0.717, 1.165) is 0 Å². The van der Waals surface area contributed by atoms with Crippen LogP contribution in [0.3, 0.4) is 0 Å². The molecule has 0 N–H and O–H groups in total. The van der Waals surface area contributed by atoms with Crippen molar-refractivity contribution in [3.63, 3.8) is 0 Å². The molecule has 3 heterocycles. The second-order valence-corrected chi connectivity index (χ2v) is 5.64. The SMILES string of the molecule is Cc1nnc(C2COCCN2C(=O)c2cccn2C(C)C)o1. The summed E-state index contributed by atoms with van der Waals surface area (Å²) in [5.74, 6) is 0.870. The average molecular weight is 304 g/mol. The van der Waals surface area contributed by atoms with E-state index in [1.807, 2.05) is 22.9 Å². The number of carbonyl (C=O) groups is 1. The summed E-state index contributed by atoms with van der Waals surface area (Å²) in [7, 11) is 0. The molecule has 118 valence electrons. The fourth-order valence-electron chi connectivity index (χ4n) is 2.67. The lowest BCUT2D eigenvalue weighted by molar-refractivity contribution is -0.0112. The molecule has 2 aromatic rings.